The van der Waals surface area contributed by atoms with Gasteiger partial charge >= 0.3 is 0 Å². The highest BCUT2D eigenvalue weighted by molar-refractivity contribution is 4.91. The molecule has 0 bridgehead atoms. The molecule has 0 aromatic heterocycles. The maximum atomic E-state index is 5.83. The minimum Gasteiger partial charge on any atom is -0.378 e. The van der Waals surface area contributed by atoms with Crippen molar-refractivity contribution in [2.75, 3.05) is 6.61 Å². The number of nitrogens with two attached hydrogens (primary N) is 1. The Morgan fingerprint density at radius 1 is 1.12 bits per heavy atom. The molecule has 1 aliphatic carbocycles. The second-order valence-electron chi connectivity index (χ2n) is 6.40. The third-order valence-corrected chi connectivity index (χ3v) is 4.81. The minimum absolute atomic E-state index is 0.364. The van der Waals surface area contributed by atoms with Crippen LogP contribution in [0.5, 0.6) is 0 Å². The van der Waals surface area contributed by atoms with Crippen LogP contribution in [0.15, 0.2) is 0 Å². The first-order valence-corrected chi connectivity index (χ1v) is 7.19. The van der Waals surface area contributed by atoms with Crippen LogP contribution in [0.3, 0.4) is 0 Å². The van der Waals surface area contributed by atoms with Gasteiger partial charge in [-0.05, 0) is 50.4 Å². The van der Waals surface area contributed by atoms with E-state index in [9.17, 15) is 0 Å². The van der Waals surface area contributed by atoms with Gasteiger partial charge in [0, 0.05) is 18.6 Å². The zero-order valence-corrected chi connectivity index (χ0v) is 11.5. The maximum Gasteiger partial charge on any atom is 0.0591 e. The number of hydrogen-bond acceptors (Lipinski definition) is 3. The summed E-state index contributed by atoms with van der Waals surface area (Å²) in [5.74, 6) is 8.85. The van der Waals surface area contributed by atoms with Crippen LogP contribution in [-0.4, -0.2) is 18.8 Å². The van der Waals surface area contributed by atoms with Gasteiger partial charge in [0.05, 0.1) is 6.10 Å². The van der Waals surface area contributed by atoms with Gasteiger partial charge in [-0.3, -0.25) is 11.3 Å². The third-order valence-electron chi connectivity index (χ3n) is 4.81. The van der Waals surface area contributed by atoms with Gasteiger partial charge in [0.1, 0.15) is 0 Å². The normalized spacial score (nSPS) is 44.8. The smallest absolute Gasteiger partial charge is 0.0591 e. The van der Waals surface area contributed by atoms with Crippen LogP contribution in [0, 0.1) is 23.7 Å². The predicted octanol–water partition coefficient (Wildman–Crippen LogP) is 2.32. The van der Waals surface area contributed by atoms with Gasteiger partial charge in [0.2, 0.25) is 0 Å². The zero-order valence-electron chi connectivity index (χ0n) is 11.5. The van der Waals surface area contributed by atoms with Crippen molar-refractivity contribution in [3.05, 3.63) is 0 Å². The standard InChI is InChI=1S/C14H28N2O/c1-9-6-10(2)8-12(7-9)14(16-15)13-4-5-17-11(13)3/h9-14,16H,4-8,15H2,1-3H3. The maximum absolute atomic E-state index is 5.83. The molecule has 1 saturated carbocycles. The Bertz CT molecular complexity index is 236. The Morgan fingerprint density at radius 3 is 2.24 bits per heavy atom. The summed E-state index contributed by atoms with van der Waals surface area (Å²) in [5, 5.41) is 0. The van der Waals surface area contributed by atoms with E-state index in [-0.39, 0.29) is 0 Å². The topological polar surface area (TPSA) is 47.3 Å². The Labute approximate surface area is 105 Å². The molecule has 17 heavy (non-hydrogen) atoms. The van der Waals surface area contributed by atoms with E-state index in [1.54, 1.807) is 0 Å². The average molecular weight is 240 g/mol. The third kappa shape index (κ3) is 3.01. The Kier molecular flexibility index (Phi) is 4.45. The Balaban J connectivity index is 2.01. The fourth-order valence-electron chi connectivity index (χ4n) is 4.13. The Morgan fingerprint density at radius 2 is 1.76 bits per heavy atom. The van der Waals surface area contributed by atoms with Crippen LogP contribution >= 0.6 is 0 Å². The van der Waals surface area contributed by atoms with Crippen molar-refractivity contribution in [2.45, 2.75) is 58.6 Å². The predicted molar refractivity (Wildman–Crippen MR) is 70.3 cm³/mol. The highest BCUT2D eigenvalue weighted by Crippen LogP contribution is 2.38. The van der Waals surface area contributed by atoms with E-state index in [0.29, 0.717) is 18.1 Å². The van der Waals surface area contributed by atoms with Crippen molar-refractivity contribution >= 4 is 0 Å². The van der Waals surface area contributed by atoms with Crippen molar-refractivity contribution in [1.29, 1.82) is 0 Å². The second kappa shape index (κ2) is 5.68. The highest BCUT2D eigenvalue weighted by atomic mass is 16.5. The minimum atomic E-state index is 0.364. The molecule has 0 spiro atoms. The van der Waals surface area contributed by atoms with Crippen LogP contribution in [0.2, 0.25) is 0 Å². The summed E-state index contributed by atoms with van der Waals surface area (Å²) >= 11 is 0. The van der Waals surface area contributed by atoms with Gasteiger partial charge in [-0.2, -0.15) is 0 Å². The lowest BCUT2D eigenvalue weighted by atomic mass is 9.70. The van der Waals surface area contributed by atoms with Gasteiger partial charge < -0.3 is 4.74 Å². The quantitative estimate of drug-likeness (QED) is 0.588. The van der Waals surface area contributed by atoms with E-state index < -0.39 is 0 Å². The van der Waals surface area contributed by atoms with E-state index in [1.807, 2.05) is 0 Å². The van der Waals surface area contributed by atoms with Gasteiger partial charge in [-0.1, -0.05) is 13.8 Å². The van der Waals surface area contributed by atoms with Crippen LogP contribution in [0.4, 0.5) is 0 Å². The molecule has 3 N–H and O–H groups in total. The lowest BCUT2D eigenvalue weighted by Gasteiger charge is -2.39. The first kappa shape index (κ1) is 13.3. The largest absolute Gasteiger partial charge is 0.378 e. The number of hydrogen-bond donors (Lipinski definition) is 2. The summed E-state index contributed by atoms with van der Waals surface area (Å²) in [6.45, 7) is 7.86. The van der Waals surface area contributed by atoms with Gasteiger partial charge in [-0.15, -0.1) is 0 Å². The zero-order chi connectivity index (χ0) is 12.4. The van der Waals surface area contributed by atoms with Crippen molar-refractivity contribution in [3.63, 3.8) is 0 Å². The molecule has 3 heteroatoms. The van der Waals surface area contributed by atoms with Crippen molar-refractivity contribution in [3.8, 4) is 0 Å². The molecule has 1 aliphatic heterocycles. The number of rotatable bonds is 3. The molecule has 0 aromatic rings. The fourth-order valence-corrected chi connectivity index (χ4v) is 4.13. The lowest BCUT2D eigenvalue weighted by molar-refractivity contribution is 0.0717. The molecule has 0 amide bonds. The summed E-state index contributed by atoms with van der Waals surface area (Å²) in [6.07, 6.45) is 5.55. The first-order chi connectivity index (χ1) is 8.11. The fraction of sp³-hybridized carbons (Fsp3) is 1.00. The van der Waals surface area contributed by atoms with Crippen LogP contribution in [0.1, 0.15) is 46.5 Å². The molecular weight excluding hydrogens is 212 g/mol. The summed E-state index contributed by atoms with van der Waals surface area (Å²) < 4.78 is 5.70. The molecular formula is C14H28N2O. The van der Waals surface area contributed by atoms with E-state index in [0.717, 1.165) is 30.8 Å². The van der Waals surface area contributed by atoms with Crippen molar-refractivity contribution in [2.24, 2.45) is 29.5 Å². The summed E-state index contributed by atoms with van der Waals surface area (Å²) in [5.41, 5.74) is 3.11. The van der Waals surface area contributed by atoms with Crippen LogP contribution in [-0.2, 0) is 4.74 Å². The first-order valence-electron chi connectivity index (χ1n) is 7.19. The number of hydrazine groups is 1. The molecule has 0 aromatic carbocycles. The molecule has 3 nitrogen and oxygen atoms in total. The SMILES string of the molecule is CC1CC(C)CC(C(NN)C2CCOC2C)C1. The molecule has 2 rings (SSSR count). The molecule has 5 unspecified atom stereocenters. The summed E-state index contributed by atoms with van der Waals surface area (Å²) in [7, 11) is 0. The van der Waals surface area contributed by atoms with Gasteiger partial charge in [0.25, 0.3) is 0 Å². The monoisotopic (exact) mass is 240 g/mol. The van der Waals surface area contributed by atoms with E-state index >= 15 is 0 Å². The second-order valence-corrected chi connectivity index (χ2v) is 6.40. The number of ether oxygens (including phenoxy) is 1. The summed E-state index contributed by atoms with van der Waals surface area (Å²) in [6, 6.07) is 0.442. The Hall–Kier alpha value is -0.120. The van der Waals surface area contributed by atoms with E-state index in [1.165, 1.54) is 19.3 Å². The molecule has 2 fully saturated rings. The highest BCUT2D eigenvalue weighted by Gasteiger charge is 2.38. The number of nitrogens with one attached hydrogen (secondary N) is 1. The molecule has 1 saturated heterocycles. The average Bonchev–Trinajstić information content (AvgIpc) is 2.65. The van der Waals surface area contributed by atoms with Gasteiger partial charge in [-0.25, -0.2) is 0 Å². The summed E-state index contributed by atoms with van der Waals surface area (Å²) in [4.78, 5) is 0. The lowest BCUT2D eigenvalue weighted by Crippen LogP contribution is -2.49. The molecule has 1 heterocycles. The van der Waals surface area contributed by atoms with Crippen molar-refractivity contribution < 1.29 is 4.74 Å². The van der Waals surface area contributed by atoms with Crippen LogP contribution in [0.25, 0.3) is 0 Å². The van der Waals surface area contributed by atoms with Crippen molar-refractivity contribution in [1.82, 2.24) is 5.43 Å². The van der Waals surface area contributed by atoms with E-state index in [2.05, 4.69) is 26.2 Å². The molecule has 0 radical (unpaired) electrons. The molecule has 5 atom stereocenters. The van der Waals surface area contributed by atoms with E-state index in [4.69, 9.17) is 10.6 Å². The van der Waals surface area contributed by atoms with Crippen LogP contribution < -0.4 is 11.3 Å². The van der Waals surface area contributed by atoms with Gasteiger partial charge in [0.15, 0.2) is 0 Å². The molecule has 2 aliphatic rings. The molecule has 100 valence electrons.